The van der Waals surface area contributed by atoms with Crippen molar-refractivity contribution in [2.75, 3.05) is 33.2 Å². The molecule has 0 radical (unpaired) electrons. The molecular formula is C13H25N3O3. The van der Waals surface area contributed by atoms with E-state index in [0.717, 1.165) is 32.5 Å². The van der Waals surface area contributed by atoms with Crippen LogP contribution in [0.1, 0.15) is 32.6 Å². The highest BCUT2D eigenvalue weighted by Crippen LogP contribution is 2.14. The third-order valence-corrected chi connectivity index (χ3v) is 3.72. The summed E-state index contributed by atoms with van der Waals surface area (Å²) in [4.78, 5) is 26.4. The first-order chi connectivity index (χ1) is 9.04. The SMILES string of the molecule is CCN1CCC(N(C)C(=O)NCCCC(=O)O)CC1. The standard InChI is InChI=1S/C13H25N3O3/c1-3-16-9-6-11(7-10-16)15(2)13(19)14-8-4-5-12(17)18/h11H,3-10H2,1-2H3,(H,14,19)(H,17,18). The summed E-state index contributed by atoms with van der Waals surface area (Å²) in [6, 6.07) is 0.197. The first-order valence-corrected chi connectivity index (χ1v) is 6.99. The molecule has 1 aliphatic rings. The summed E-state index contributed by atoms with van der Waals surface area (Å²) >= 11 is 0. The molecule has 19 heavy (non-hydrogen) atoms. The number of hydrogen-bond acceptors (Lipinski definition) is 3. The number of aliphatic carboxylic acids is 1. The Hall–Kier alpha value is -1.30. The summed E-state index contributed by atoms with van der Waals surface area (Å²) < 4.78 is 0. The number of carboxylic acids is 1. The number of nitrogens with zero attached hydrogens (tertiary/aromatic N) is 2. The Morgan fingerprint density at radius 1 is 1.37 bits per heavy atom. The van der Waals surface area contributed by atoms with Crippen LogP contribution in [0.4, 0.5) is 4.79 Å². The molecule has 0 bridgehead atoms. The minimum atomic E-state index is -0.824. The Labute approximate surface area is 114 Å². The van der Waals surface area contributed by atoms with Gasteiger partial charge in [-0.2, -0.15) is 0 Å². The topological polar surface area (TPSA) is 72.9 Å². The van der Waals surface area contributed by atoms with Crippen LogP contribution in [0.15, 0.2) is 0 Å². The van der Waals surface area contributed by atoms with E-state index in [1.165, 1.54) is 0 Å². The second-order valence-electron chi connectivity index (χ2n) is 5.01. The maximum atomic E-state index is 11.9. The molecule has 0 aromatic carbocycles. The molecule has 2 amide bonds. The minimum absolute atomic E-state index is 0.0961. The third-order valence-electron chi connectivity index (χ3n) is 3.72. The molecule has 110 valence electrons. The maximum Gasteiger partial charge on any atom is 0.317 e. The van der Waals surface area contributed by atoms with Gasteiger partial charge in [0.05, 0.1) is 0 Å². The van der Waals surface area contributed by atoms with Crippen molar-refractivity contribution < 1.29 is 14.7 Å². The summed E-state index contributed by atoms with van der Waals surface area (Å²) in [6.45, 7) is 5.72. The van der Waals surface area contributed by atoms with E-state index in [0.29, 0.717) is 19.0 Å². The van der Waals surface area contributed by atoms with Gasteiger partial charge < -0.3 is 20.2 Å². The summed E-state index contributed by atoms with van der Waals surface area (Å²) in [7, 11) is 1.82. The molecule has 1 rings (SSSR count). The Balaban J connectivity index is 2.23. The number of hydrogen-bond donors (Lipinski definition) is 2. The fourth-order valence-electron chi connectivity index (χ4n) is 2.35. The van der Waals surface area contributed by atoms with Crippen LogP contribution in [0.25, 0.3) is 0 Å². The Morgan fingerprint density at radius 3 is 2.53 bits per heavy atom. The van der Waals surface area contributed by atoms with Crippen LogP contribution in [0.2, 0.25) is 0 Å². The zero-order chi connectivity index (χ0) is 14.3. The summed E-state index contributed by atoms with van der Waals surface area (Å²) in [5.74, 6) is -0.824. The van der Waals surface area contributed by atoms with Gasteiger partial charge in [-0.25, -0.2) is 4.79 Å². The number of urea groups is 1. The van der Waals surface area contributed by atoms with E-state index in [1.807, 2.05) is 7.05 Å². The number of amides is 2. The molecule has 0 atom stereocenters. The van der Waals surface area contributed by atoms with E-state index < -0.39 is 5.97 Å². The first-order valence-electron chi connectivity index (χ1n) is 6.99. The van der Waals surface area contributed by atoms with Crippen LogP contribution in [0.5, 0.6) is 0 Å². The van der Waals surface area contributed by atoms with Crippen molar-refractivity contribution in [2.24, 2.45) is 0 Å². The van der Waals surface area contributed by atoms with Gasteiger partial charge in [-0.15, -0.1) is 0 Å². The van der Waals surface area contributed by atoms with Crippen LogP contribution in [0, 0.1) is 0 Å². The highest BCUT2D eigenvalue weighted by atomic mass is 16.4. The lowest BCUT2D eigenvalue weighted by atomic mass is 10.0. The summed E-state index contributed by atoms with van der Waals surface area (Å²) in [5.41, 5.74) is 0. The molecule has 1 aliphatic heterocycles. The van der Waals surface area contributed by atoms with Crippen LogP contribution in [-0.2, 0) is 4.79 Å². The Morgan fingerprint density at radius 2 is 2.00 bits per heavy atom. The molecule has 2 N–H and O–H groups in total. The monoisotopic (exact) mass is 271 g/mol. The summed E-state index contributed by atoms with van der Waals surface area (Å²) in [5, 5.41) is 11.3. The fourth-order valence-corrected chi connectivity index (χ4v) is 2.35. The van der Waals surface area contributed by atoms with Crippen molar-refractivity contribution in [3.8, 4) is 0 Å². The van der Waals surface area contributed by atoms with Crippen LogP contribution in [-0.4, -0.2) is 66.2 Å². The number of likely N-dealkylation sites (tertiary alicyclic amines) is 1. The lowest BCUT2D eigenvalue weighted by molar-refractivity contribution is -0.137. The average molecular weight is 271 g/mol. The van der Waals surface area contributed by atoms with Gasteiger partial charge in [0, 0.05) is 39.1 Å². The summed E-state index contributed by atoms with van der Waals surface area (Å²) in [6.07, 6.45) is 2.59. The highest BCUT2D eigenvalue weighted by Gasteiger charge is 2.24. The number of carbonyl (C=O) groups excluding carboxylic acids is 1. The second-order valence-corrected chi connectivity index (χ2v) is 5.01. The van der Waals surface area contributed by atoms with Crippen molar-refractivity contribution in [1.82, 2.24) is 15.1 Å². The maximum absolute atomic E-state index is 11.9. The number of rotatable bonds is 6. The van der Waals surface area contributed by atoms with Gasteiger partial charge in [0.2, 0.25) is 0 Å². The van der Waals surface area contributed by atoms with Crippen molar-refractivity contribution in [3.63, 3.8) is 0 Å². The zero-order valence-electron chi connectivity index (χ0n) is 11.9. The molecule has 0 spiro atoms. The number of carboxylic acid groups (broad SMARTS) is 1. The van der Waals surface area contributed by atoms with Gasteiger partial charge in [0.25, 0.3) is 0 Å². The molecule has 1 heterocycles. The van der Waals surface area contributed by atoms with Crippen LogP contribution < -0.4 is 5.32 Å². The van der Waals surface area contributed by atoms with Crippen molar-refractivity contribution in [3.05, 3.63) is 0 Å². The van der Waals surface area contributed by atoms with E-state index in [9.17, 15) is 9.59 Å². The molecule has 0 saturated carbocycles. The molecule has 1 saturated heterocycles. The van der Waals surface area contributed by atoms with E-state index in [-0.39, 0.29) is 12.5 Å². The lowest BCUT2D eigenvalue weighted by Crippen LogP contribution is -2.48. The van der Waals surface area contributed by atoms with Gasteiger partial charge in [0.15, 0.2) is 0 Å². The van der Waals surface area contributed by atoms with Gasteiger partial charge in [0.1, 0.15) is 0 Å². The van der Waals surface area contributed by atoms with Gasteiger partial charge >= 0.3 is 12.0 Å². The number of carbonyl (C=O) groups is 2. The van der Waals surface area contributed by atoms with Crippen molar-refractivity contribution in [1.29, 1.82) is 0 Å². The molecule has 0 aliphatic carbocycles. The van der Waals surface area contributed by atoms with Crippen molar-refractivity contribution in [2.45, 2.75) is 38.6 Å². The molecule has 6 nitrogen and oxygen atoms in total. The van der Waals surface area contributed by atoms with Gasteiger partial charge in [-0.3, -0.25) is 4.79 Å². The Kier molecular flexibility index (Phi) is 6.62. The highest BCUT2D eigenvalue weighted by molar-refractivity contribution is 5.74. The molecule has 0 aromatic heterocycles. The fraction of sp³-hybridized carbons (Fsp3) is 0.846. The zero-order valence-corrected chi connectivity index (χ0v) is 11.9. The van der Waals surface area contributed by atoms with Crippen LogP contribution >= 0.6 is 0 Å². The number of piperidine rings is 1. The predicted molar refractivity (Wildman–Crippen MR) is 73.2 cm³/mol. The van der Waals surface area contributed by atoms with Crippen molar-refractivity contribution >= 4 is 12.0 Å². The minimum Gasteiger partial charge on any atom is -0.481 e. The van der Waals surface area contributed by atoms with Gasteiger partial charge in [-0.05, 0) is 25.8 Å². The third kappa shape index (κ3) is 5.46. The van der Waals surface area contributed by atoms with E-state index >= 15 is 0 Å². The lowest BCUT2D eigenvalue weighted by Gasteiger charge is -2.36. The Bertz CT molecular complexity index is 302. The van der Waals surface area contributed by atoms with E-state index in [2.05, 4.69) is 17.1 Å². The molecule has 6 heteroatoms. The normalized spacial score (nSPS) is 17.2. The predicted octanol–water partition coefficient (Wildman–Crippen LogP) is 0.977. The number of nitrogens with one attached hydrogen (secondary N) is 1. The quantitative estimate of drug-likeness (QED) is 0.706. The second kappa shape index (κ2) is 7.99. The first kappa shape index (κ1) is 15.8. The van der Waals surface area contributed by atoms with Gasteiger partial charge in [-0.1, -0.05) is 6.92 Å². The largest absolute Gasteiger partial charge is 0.481 e. The molecular weight excluding hydrogens is 246 g/mol. The smallest absolute Gasteiger partial charge is 0.317 e. The van der Waals surface area contributed by atoms with E-state index in [4.69, 9.17) is 5.11 Å². The van der Waals surface area contributed by atoms with Crippen LogP contribution in [0.3, 0.4) is 0 Å². The molecule has 0 unspecified atom stereocenters. The van der Waals surface area contributed by atoms with E-state index in [1.54, 1.807) is 4.90 Å². The molecule has 0 aromatic rings. The average Bonchev–Trinajstić information content (AvgIpc) is 2.42. The molecule has 1 fully saturated rings.